The molecule has 0 aliphatic heterocycles. The maximum absolute atomic E-state index is 6.44. The summed E-state index contributed by atoms with van der Waals surface area (Å²) in [6.07, 6.45) is 0. The SMILES string of the molecule is COc1ccc(Nc2nnc(-c3sc4ccccc4c3Cl)o2)cc1. The second-order valence-electron chi connectivity index (χ2n) is 5.01. The summed E-state index contributed by atoms with van der Waals surface area (Å²) in [6, 6.07) is 15.7. The molecule has 4 aromatic rings. The van der Waals surface area contributed by atoms with Crippen LogP contribution in [0.25, 0.3) is 20.9 Å². The second-order valence-corrected chi connectivity index (χ2v) is 6.44. The Labute approximate surface area is 146 Å². The van der Waals surface area contributed by atoms with Gasteiger partial charge in [0.25, 0.3) is 5.89 Å². The van der Waals surface area contributed by atoms with Gasteiger partial charge in [0, 0.05) is 15.8 Å². The molecule has 0 aliphatic carbocycles. The normalized spacial score (nSPS) is 10.9. The molecule has 0 bridgehead atoms. The van der Waals surface area contributed by atoms with Gasteiger partial charge in [-0.15, -0.1) is 16.4 Å². The number of hydrogen-bond acceptors (Lipinski definition) is 6. The lowest BCUT2D eigenvalue weighted by Crippen LogP contribution is -1.90. The van der Waals surface area contributed by atoms with Crippen molar-refractivity contribution in [3.8, 4) is 16.5 Å². The molecule has 5 nitrogen and oxygen atoms in total. The third kappa shape index (κ3) is 2.70. The number of benzene rings is 2. The first kappa shape index (κ1) is 15.0. The fourth-order valence-electron chi connectivity index (χ4n) is 2.31. The fourth-order valence-corrected chi connectivity index (χ4v) is 3.75. The standard InChI is InChI=1S/C17H12ClN3O2S/c1-22-11-8-6-10(7-9-11)19-17-21-20-16(23-17)15-14(18)12-4-2-3-5-13(12)24-15/h2-9H,1H3,(H,19,21). The van der Waals surface area contributed by atoms with Gasteiger partial charge in [-0.2, -0.15) is 0 Å². The first-order chi connectivity index (χ1) is 11.7. The molecule has 0 atom stereocenters. The first-order valence-corrected chi connectivity index (χ1v) is 8.36. The van der Waals surface area contributed by atoms with Crippen LogP contribution in [0.15, 0.2) is 52.9 Å². The Kier molecular flexibility index (Phi) is 3.84. The van der Waals surface area contributed by atoms with Crippen LogP contribution in [0.5, 0.6) is 5.75 Å². The van der Waals surface area contributed by atoms with Crippen LogP contribution in [0.3, 0.4) is 0 Å². The van der Waals surface area contributed by atoms with Gasteiger partial charge in [-0.3, -0.25) is 0 Å². The van der Waals surface area contributed by atoms with Gasteiger partial charge in [0.05, 0.1) is 12.1 Å². The maximum Gasteiger partial charge on any atom is 0.320 e. The van der Waals surface area contributed by atoms with Crippen molar-refractivity contribution >= 4 is 44.7 Å². The van der Waals surface area contributed by atoms with Crippen molar-refractivity contribution < 1.29 is 9.15 Å². The van der Waals surface area contributed by atoms with E-state index in [1.54, 1.807) is 7.11 Å². The van der Waals surface area contributed by atoms with Crippen molar-refractivity contribution in [3.05, 3.63) is 53.6 Å². The molecular formula is C17H12ClN3O2S. The van der Waals surface area contributed by atoms with E-state index >= 15 is 0 Å². The Hall–Kier alpha value is -2.57. The van der Waals surface area contributed by atoms with Crippen LogP contribution < -0.4 is 10.1 Å². The molecule has 0 aliphatic rings. The van der Waals surface area contributed by atoms with E-state index in [1.807, 2.05) is 48.5 Å². The van der Waals surface area contributed by atoms with E-state index in [-0.39, 0.29) is 0 Å². The van der Waals surface area contributed by atoms with Gasteiger partial charge in [0.2, 0.25) is 0 Å². The number of ether oxygens (including phenoxy) is 1. The quantitative estimate of drug-likeness (QED) is 0.533. The summed E-state index contributed by atoms with van der Waals surface area (Å²) in [5.74, 6) is 1.18. The second kappa shape index (κ2) is 6.14. The van der Waals surface area contributed by atoms with Crippen LogP contribution in [0, 0.1) is 0 Å². The van der Waals surface area contributed by atoms with Gasteiger partial charge in [0.15, 0.2) is 0 Å². The number of fused-ring (bicyclic) bond motifs is 1. The summed E-state index contributed by atoms with van der Waals surface area (Å²) in [4.78, 5) is 0.771. The van der Waals surface area contributed by atoms with E-state index in [0.29, 0.717) is 16.9 Å². The number of rotatable bonds is 4. The van der Waals surface area contributed by atoms with E-state index in [9.17, 15) is 0 Å². The lowest BCUT2D eigenvalue weighted by atomic mass is 10.2. The van der Waals surface area contributed by atoms with Crippen molar-refractivity contribution in [1.29, 1.82) is 0 Å². The van der Waals surface area contributed by atoms with E-state index < -0.39 is 0 Å². The van der Waals surface area contributed by atoms with Crippen LogP contribution >= 0.6 is 22.9 Å². The highest BCUT2D eigenvalue weighted by Gasteiger charge is 2.17. The fraction of sp³-hybridized carbons (Fsp3) is 0.0588. The molecule has 24 heavy (non-hydrogen) atoms. The molecule has 4 rings (SSSR count). The van der Waals surface area contributed by atoms with Gasteiger partial charge >= 0.3 is 6.01 Å². The summed E-state index contributed by atoms with van der Waals surface area (Å²) in [7, 11) is 1.63. The predicted molar refractivity (Wildman–Crippen MR) is 96.4 cm³/mol. The zero-order chi connectivity index (χ0) is 16.5. The minimum Gasteiger partial charge on any atom is -0.497 e. The zero-order valence-electron chi connectivity index (χ0n) is 12.6. The Bertz CT molecular complexity index is 995. The summed E-state index contributed by atoms with van der Waals surface area (Å²) in [6.45, 7) is 0. The Morgan fingerprint density at radius 2 is 1.88 bits per heavy atom. The van der Waals surface area contributed by atoms with Crippen LogP contribution in [0.2, 0.25) is 5.02 Å². The summed E-state index contributed by atoms with van der Waals surface area (Å²) >= 11 is 7.97. The predicted octanol–water partition coefficient (Wildman–Crippen LogP) is 5.36. The molecule has 0 amide bonds. The zero-order valence-corrected chi connectivity index (χ0v) is 14.2. The number of thiophene rings is 1. The summed E-state index contributed by atoms with van der Waals surface area (Å²) < 4.78 is 11.9. The highest BCUT2D eigenvalue weighted by Crippen LogP contribution is 2.41. The van der Waals surface area contributed by atoms with Crippen molar-refractivity contribution in [2.24, 2.45) is 0 Å². The van der Waals surface area contributed by atoms with Crippen molar-refractivity contribution in [3.63, 3.8) is 0 Å². The highest BCUT2D eigenvalue weighted by atomic mass is 35.5. The molecule has 2 aromatic carbocycles. The Morgan fingerprint density at radius 1 is 1.08 bits per heavy atom. The first-order valence-electron chi connectivity index (χ1n) is 7.16. The number of halogens is 1. The van der Waals surface area contributed by atoms with Crippen molar-refractivity contribution in [1.82, 2.24) is 10.2 Å². The molecule has 0 radical (unpaired) electrons. The molecule has 0 spiro atoms. The molecule has 1 N–H and O–H groups in total. The Balaban J connectivity index is 1.62. The minimum absolute atomic E-state index is 0.309. The summed E-state index contributed by atoms with van der Waals surface area (Å²) in [5.41, 5.74) is 0.827. The minimum atomic E-state index is 0.309. The molecule has 0 saturated heterocycles. The number of hydrogen-bond donors (Lipinski definition) is 1. The average molecular weight is 358 g/mol. The Morgan fingerprint density at radius 3 is 2.62 bits per heavy atom. The number of nitrogens with zero attached hydrogens (tertiary/aromatic N) is 2. The van der Waals surface area contributed by atoms with Crippen molar-refractivity contribution in [2.45, 2.75) is 0 Å². The average Bonchev–Trinajstić information content (AvgIpc) is 3.21. The molecule has 0 fully saturated rings. The molecule has 2 aromatic heterocycles. The van der Waals surface area contributed by atoms with Crippen LogP contribution in [-0.4, -0.2) is 17.3 Å². The lowest BCUT2D eigenvalue weighted by molar-refractivity contribution is 0.415. The van der Waals surface area contributed by atoms with Crippen molar-refractivity contribution in [2.75, 3.05) is 12.4 Å². The number of methoxy groups -OCH3 is 1. The molecule has 120 valence electrons. The number of anilines is 2. The van der Waals surface area contributed by atoms with Gasteiger partial charge < -0.3 is 14.5 Å². The van der Waals surface area contributed by atoms with Crippen LogP contribution in [-0.2, 0) is 0 Å². The van der Waals surface area contributed by atoms with E-state index in [2.05, 4.69) is 15.5 Å². The number of aromatic nitrogens is 2. The third-order valence-electron chi connectivity index (χ3n) is 3.50. The largest absolute Gasteiger partial charge is 0.497 e. The van der Waals surface area contributed by atoms with Crippen LogP contribution in [0.4, 0.5) is 11.7 Å². The topological polar surface area (TPSA) is 60.2 Å². The molecule has 0 saturated carbocycles. The van der Waals surface area contributed by atoms with Gasteiger partial charge in [-0.1, -0.05) is 34.9 Å². The summed E-state index contributed by atoms with van der Waals surface area (Å²) in [5, 5.41) is 12.8. The molecule has 0 unspecified atom stereocenters. The molecule has 7 heteroatoms. The van der Waals surface area contributed by atoms with E-state index in [0.717, 1.165) is 26.4 Å². The lowest BCUT2D eigenvalue weighted by Gasteiger charge is -2.02. The van der Waals surface area contributed by atoms with Gasteiger partial charge in [-0.25, -0.2) is 0 Å². The smallest absolute Gasteiger partial charge is 0.320 e. The molecule has 2 heterocycles. The van der Waals surface area contributed by atoms with Gasteiger partial charge in [-0.05, 0) is 30.3 Å². The van der Waals surface area contributed by atoms with E-state index in [1.165, 1.54) is 11.3 Å². The van der Waals surface area contributed by atoms with E-state index in [4.69, 9.17) is 20.8 Å². The number of nitrogens with one attached hydrogen (secondary N) is 1. The maximum atomic E-state index is 6.44. The van der Waals surface area contributed by atoms with Gasteiger partial charge in [0.1, 0.15) is 10.6 Å². The third-order valence-corrected chi connectivity index (χ3v) is 5.16. The van der Waals surface area contributed by atoms with Crippen LogP contribution in [0.1, 0.15) is 0 Å². The monoisotopic (exact) mass is 357 g/mol. The highest BCUT2D eigenvalue weighted by molar-refractivity contribution is 7.23. The molecular weight excluding hydrogens is 346 g/mol.